The first-order chi connectivity index (χ1) is 9.29. The number of hydrogen-bond donors (Lipinski definition) is 2. The fraction of sp³-hybridized carbons (Fsp3) is 0.333. The van der Waals surface area contributed by atoms with Gasteiger partial charge >= 0.3 is 0 Å². The van der Waals surface area contributed by atoms with Crippen molar-refractivity contribution in [2.75, 3.05) is 11.1 Å². The molecule has 1 heterocycles. The van der Waals surface area contributed by atoms with E-state index >= 15 is 0 Å². The molecule has 5 nitrogen and oxygen atoms in total. The van der Waals surface area contributed by atoms with Gasteiger partial charge in [-0.25, -0.2) is 0 Å². The summed E-state index contributed by atoms with van der Waals surface area (Å²) >= 11 is 0. The number of nitrogens with two attached hydrogens (primary N) is 1. The summed E-state index contributed by atoms with van der Waals surface area (Å²) in [7, 11) is 1.73. The van der Waals surface area contributed by atoms with Crippen LogP contribution in [0.2, 0.25) is 0 Å². The molecule has 0 saturated heterocycles. The van der Waals surface area contributed by atoms with E-state index in [2.05, 4.69) is 31.2 Å². The lowest BCUT2D eigenvalue weighted by Gasteiger charge is -2.19. The molecule has 5 heteroatoms. The standard InChI is InChI=1S/C15H20N4O/c1-15(2,3)11-7-5-10(6-8-11)14(20)18-13-12(16)9-17-19(13)4/h5-9H,16H2,1-4H3,(H,18,20). The first-order valence-electron chi connectivity index (χ1n) is 6.48. The van der Waals surface area contributed by atoms with Crippen molar-refractivity contribution in [3.8, 4) is 0 Å². The molecule has 1 aromatic carbocycles. The van der Waals surface area contributed by atoms with Crippen LogP contribution in [-0.4, -0.2) is 15.7 Å². The minimum atomic E-state index is -0.194. The van der Waals surface area contributed by atoms with E-state index in [1.807, 2.05) is 24.3 Å². The number of carbonyl (C=O) groups is 1. The molecular formula is C15H20N4O. The number of nitrogens with zero attached hydrogens (tertiary/aromatic N) is 2. The minimum Gasteiger partial charge on any atom is -0.394 e. The highest BCUT2D eigenvalue weighted by atomic mass is 16.1. The van der Waals surface area contributed by atoms with Gasteiger partial charge in [-0.3, -0.25) is 9.48 Å². The Morgan fingerprint density at radius 3 is 2.30 bits per heavy atom. The summed E-state index contributed by atoms with van der Waals surface area (Å²) in [4.78, 5) is 12.2. The summed E-state index contributed by atoms with van der Waals surface area (Å²) in [5.41, 5.74) is 8.06. The fourth-order valence-corrected chi connectivity index (χ4v) is 1.91. The van der Waals surface area contributed by atoms with Crippen LogP contribution in [0.15, 0.2) is 30.5 Å². The van der Waals surface area contributed by atoms with Crippen LogP contribution in [0.25, 0.3) is 0 Å². The second kappa shape index (κ2) is 5.00. The smallest absolute Gasteiger partial charge is 0.256 e. The maximum Gasteiger partial charge on any atom is 0.256 e. The van der Waals surface area contributed by atoms with Gasteiger partial charge in [-0.05, 0) is 23.1 Å². The van der Waals surface area contributed by atoms with E-state index < -0.39 is 0 Å². The summed E-state index contributed by atoms with van der Waals surface area (Å²) in [5.74, 6) is 0.315. The quantitative estimate of drug-likeness (QED) is 0.882. The molecule has 0 bridgehead atoms. The van der Waals surface area contributed by atoms with Gasteiger partial charge in [-0.1, -0.05) is 32.9 Å². The molecule has 0 aliphatic heterocycles. The van der Waals surface area contributed by atoms with Crippen LogP contribution in [0.1, 0.15) is 36.7 Å². The second-order valence-electron chi connectivity index (χ2n) is 5.85. The molecular weight excluding hydrogens is 252 g/mol. The van der Waals surface area contributed by atoms with Crippen molar-refractivity contribution in [3.63, 3.8) is 0 Å². The van der Waals surface area contributed by atoms with Gasteiger partial charge in [0.25, 0.3) is 5.91 Å². The van der Waals surface area contributed by atoms with E-state index in [-0.39, 0.29) is 11.3 Å². The third kappa shape index (κ3) is 2.82. The Hall–Kier alpha value is -2.30. The molecule has 2 rings (SSSR count). The maximum absolute atomic E-state index is 12.2. The van der Waals surface area contributed by atoms with Crippen molar-refractivity contribution in [3.05, 3.63) is 41.6 Å². The zero-order chi connectivity index (χ0) is 14.9. The van der Waals surface area contributed by atoms with Gasteiger partial charge in [0.2, 0.25) is 0 Å². The van der Waals surface area contributed by atoms with Crippen LogP contribution >= 0.6 is 0 Å². The highest BCUT2D eigenvalue weighted by Gasteiger charge is 2.15. The summed E-state index contributed by atoms with van der Waals surface area (Å²) in [5, 5.41) is 6.76. The number of nitrogen functional groups attached to an aromatic ring is 1. The summed E-state index contributed by atoms with van der Waals surface area (Å²) in [6.45, 7) is 6.41. The molecule has 0 atom stereocenters. The van der Waals surface area contributed by atoms with Gasteiger partial charge in [0, 0.05) is 12.6 Å². The van der Waals surface area contributed by atoms with E-state index in [9.17, 15) is 4.79 Å². The van der Waals surface area contributed by atoms with E-state index in [1.165, 1.54) is 16.4 Å². The predicted octanol–water partition coefficient (Wildman–Crippen LogP) is 2.55. The van der Waals surface area contributed by atoms with Crippen molar-refractivity contribution in [1.29, 1.82) is 0 Å². The second-order valence-corrected chi connectivity index (χ2v) is 5.85. The van der Waals surface area contributed by atoms with Crippen LogP contribution in [0.4, 0.5) is 11.5 Å². The van der Waals surface area contributed by atoms with Crippen molar-refractivity contribution in [1.82, 2.24) is 9.78 Å². The zero-order valence-corrected chi connectivity index (χ0v) is 12.3. The summed E-state index contributed by atoms with van der Waals surface area (Å²) in [6, 6.07) is 7.59. The SMILES string of the molecule is Cn1ncc(N)c1NC(=O)c1ccc(C(C)(C)C)cc1. The molecule has 2 aromatic rings. The molecule has 3 N–H and O–H groups in total. The van der Waals surface area contributed by atoms with Crippen LogP contribution in [0.3, 0.4) is 0 Å². The van der Waals surface area contributed by atoms with Crippen LogP contribution in [0, 0.1) is 0 Å². The lowest BCUT2D eigenvalue weighted by molar-refractivity contribution is 0.102. The van der Waals surface area contributed by atoms with Crippen molar-refractivity contribution in [2.45, 2.75) is 26.2 Å². The average molecular weight is 272 g/mol. The first-order valence-corrected chi connectivity index (χ1v) is 6.48. The average Bonchev–Trinajstić information content (AvgIpc) is 2.69. The minimum absolute atomic E-state index is 0.0709. The Morgan fingerprint density at radius 2 is 1.85 bits per heavy atom. The largest absolute Gasteiger partial charge is 0.394 e. The third-order valence-electron chi connectivity index (χ3n) is 3.21. The van der Waals surface area contributed by atoms with Crippen LogP contribution in [0.5, 0.6) is 0 Å². The first kappa shape index (κ1) is 14.1. The lowest BCUT2D eigenvalue weighted by atomic mass is 9.87. The van der Waals surface area contributed by atoms with E-state index in [0.717, 1.165) is 0 Å². The van der Waals surface area contributed by atoms with Crippen LogP contribution < -0.4 is 11.1 Å². The van der Waals surface area contributed by atoms with E-state index in [1.54, 1.807) is 7.05 Å². The molecule has 1 amide bonds. The highest BCUT2D eigenvalue weighted by molar-refractivity contribution is 6.05. The van der Waals surface area contributed by atoms with Gasteiger partial charge in [-0.15, -0.1) is 0 Å². The Kier molecular flexibility index (Phi) is 3.53. The molecule has 0 saturated carbocycles. The van der Waals surface area contributed by atoms with Crippen LogP contribution in [-0.2, 0) is 12.5 Å². The number of anilines is 2. The molecule has 0 aliphatic rings. The summed E-state index contributed by atoms with van der Waals surface area (Å²) < 4.78 is 1.54. The van der Waals surface area contributed by atoms with Crippen molar-refractivity contribution in [2.24, 2.45) is 7.05 Å². The van der Waals surface area contributed by atoms with Gasteiger partial charge in [0.1, 0.15) is 0 Å². The molecule has 0 spiro atoms. The number of benzene rings is 1. The Bertz CT molecular complexity index is 601. The monoisotopic (exact) mass is 272 g/mol. The highest BCUT2D eigenvalue weighted by Crippen LogP contribution is 2.23. The Balaban J connectivity index is 2.18. The Morgan fingerprint density at radius 1 is 1.25 bits per heavy atom. The number of aryl methyl sites for hydroxylation is 1. The number of aromatic nitrogens is 2. The maximum atomic E-state index is 12.2. The van der Waals surface area contributed by atoms with Gasteiger partial charge in [-0.2, -0.15) is 5.10 Å². The number of amides is 1. The van der Waals surface area contributed by atoms with Gasteiger partial charge in [0.15, 0.2) is 5.82 Å². The van der Waals surface area contributed by atoms with Gasteiger partial charge in [0.05, 0.1) is 11.9 Å². The third-order valence-corrected chi connectivity index (χ3v) is 3.21. The topological polar surface area (TPSA) is 72.9 Å². The molecule has 0 aliphatic carbocycles. The van der Waals surface area contributed by atoms with E-state index in [0.29, 0.717) is 17.1 Å². The predicted molar refractivity (Wildman–Crippen MR) is 80.7 cm³/mol. The molecule has 20 heavy (non-hydrogen) atoms. The molecule has 0 fully saturated rings. The van der Waals surface area contributed by atoms with Gasteiger partial charge < -0.3 is 11.1 Å². The summed E-state index contributed by atoms with van der Waals surface area (Å²) in [6.07, 6.45) is 1.51. The van der Waals surface area contributed by atoms with Crippen molar-refractivity contribution >= 4 is 17.4 Å². The molecule has 106 valence electrons. The van der Waals surface area contributed by atoms with Crippen molar-refractivity contribution < 1.29 is 4.79 Å². The number of nitrogens with one attached hydrogen (secondary N) is 1. The molecule has 0 unspecified atom stereocenters. The number of rotatable bonds is 2. The fourth-order valence-electron chi connectivity index (χ4n) is 1.91. The normalized spacial score (nSPS) is 11.4. The van der Waals surface area contributed by atoms with E-state index in [4.69, 9.17) is 5.73 Å². The lowest BCUT2D eigenvalue weighted by Crippen LogP contribution is -2.16. The number of carbonyl (C=O) groups excluding carboxylic acids is 1. The Labute approximate surface area is 118 Å². The number of hydrogen-bond acceptors (Lipinski definition) is 3. The zero-order valence-electron chi connectivity index (χ0n) is 12.3. The molecule has 0 radical (unpaired) electrons. The molecule has 1 aromatic heterocycles.